The summed E-state index contributed by atoms with van der Waals surface area (Å²) in [5.74, 6) is 1.23. The van der Waals surface area contributed by atoms with Crippen molar-refractivity contribution >= 4 is 29.0 Å². The minimum Gasteiger partial charge on any atom is -0.493 e. The normalized spacial score (nSPS) is 10.8. The van der Waals surface area contributed by atoms with Gasteiger partial charge in [0.15, 0.2) is 11.5 Å². The minimum atomic E-state index is -0.293. The molecular weight excluding hydrogens is 486 g/mol. The summed E-state index contributed by atoms with van der Waals surface area (Å²) >= 11 is 1.68. The molecule has 0 fully saturated rings. The Balaban J connectivity index is 1.75. The summed E-state index contributed by atoms with van der Waals surface area (Å²) < 4.78 is 10.8. The van der Waals surface area contributed by atoms with Crippen LogP contribution in [0.2, 0.25) is 0 Å². The highest BCUT2D eigenvalue weighted by atomic mass is 32.1. The third kappa shape index (κ3) is 7.98. The van der Waals surface area contributed by atoms with E-state index in [1.54, 1.807) is 30.5 Å². The van der Waals surface area contributed by atoms with E-state index in [4.69, 9.17) is 9.47 Å². The van der Waals surface area contributed by atoms with Gasteiger partial charge in [0, 0.05) is 28.0 Å². The zero-order valence-corrected chi connectivity index (χ0v) is 23.4. The number of hydrogen-bond acceptors (Lipinski definition) is 5. The number of benzene rings is 2. The van der Waals surface area contributed by atoms with Gasteiger partial charge in [-0.05, 0) is 76.1 Å². The maximum atomic E-state index is 13.6. The van der Waals surface area contributed by atoms with Gasteiger partial charge in [0.2, 0.25) is 5.91 Å². The summed E-state index contributed by atoms with van der Waals surface area (Å²) in [6, 6.07) is 17.1. The lowest BCUT2D eigenvalue weighted by molar-refractivity contribution is -0.132. The van der Waals surface area contributed by atoms with Gasteiger partial charge in [-0.1, -0.05) is 23.8 Å². The summed E-state index contributed by atoms with van der Waals surface area (Å²) in [5, 5.41) is 2.92. The number of hydrogen-bond donors (Lipinski definition) is 1. The van der Waals surface area contributed by atoms with Crippen LogP contribution in [0.1, 0.15) is 34.7 Å². The number of amides is 3. The molecule has 0 spiro atoms. The molecule has 0 saturated carbocycles. The van der Waals surface area contributed by atoms with E-state index in [2.05, 4.69) is 24.4 Å². The van der Waals surface area contributed by atoms with Crippen molar-refractivity contribution in [1.29, 1.82) is 0 Å². The van der Waals surface area contributed by atoms with Gasteiger partial charge in [0.1, 0.15) is 6.54 Å². The number of carbonyl (C=O) groups excluding carboxylic acids is 2. The highest BCUT2D eigenvalue weighted by Gasteiger charge is 2.24. The third-order valence-corrected chi connectivity index (χ3v) is 7.09. The van der Waals surface area contributed by atoms with Gasteiger partial charge in [-0.2, -0.15) is 0 Å². The molecule has 0 bridgehead atoms. The Morgan fingerprint density at radius 2 is 1.65 bits per heavy atom. The minimum absolute atomic E-state index is 0.00828. The Morgan fingerprint density at radius 3 is 2.24 bits per heavy atom. The molecule has 0 aliphatic heterocycles. The van der Waals surface area contributed by atoms with E-state index in [1.165, 1.54) is 4.88 Å². The zero-order chi connectivity index (χ0) is 26.9. The molecule has 1 aromatic heterocycles. The van der Waals surface area contributed by atoms with Gasteiger partial charge in [-0.3, -0.25) is 4.79 Å². The second-order valence-corrected chi connectivity index (χ2v) is 10.7. The van der Waals surface area contributed by atoms with Crippen molar-refractivity contribution in [2.45, 2.75) is 46.7 Å². The summed E-state index contributed by atoms with van der Waals surface area (Å²) in [5.41, 5.74) is 2.85. The molecule has 37 heavy (non-hydrogen) atoms. The van der Waals surface area contributed by atoms with Gasteiger partial charge < -0.3 is 24.6 Å². The van der Waals surface area contributed by atoms with Crippen LogP contribution in [0.25, 0.3) is 0 Å². The maximum absolute atomic E-state index is 13.6. The van der Waals surface area contributed by atoms with Gasteiger partial charge in [0.25, 0.3) is 0 Å². The fourth-order valence-corrected chi connectivity index (χ4v) is 4.82. The fraction of sp³-hybridized carbons (Fsp3) is 0.379. The maximum Gasteiger partial charge on any atom is 0.322 e. The topological polar surface area (TPSA) is 71.1 Å². The molecule has 0 atom stereocenters. The average Bonchev–Trinajstić information content (AvgIpc) is 3.30. The third-order valence-electron chi connectivity index (χ3n) is 6.11. The van der Waals surface area contributed by atoms with E-state index in [0.29, 0.717) is 36.7 Å². The summed E-state index contributed by atoms with van der Waals surface area (Å²) in [7, 11) is 3.22. The van der Waals surface area contributed by atoms with Crippen molar-refractivity contribution in [2.75, 3.05) is 32.6 Å². The molecule has 7 nitrogen and oxygen atoms in total. The zero-order valence-electron chi connectivity index (χ0n) is 22.5. The first-order valence-corrected chi connectivity index (χ1v) is 13.2. The molecule has 3 amide bonds. The van der Waals surface area contributed by atoms with Crippen LogP contribution in [0.4, 0.5) is 10.5 Å². The van der Waals surface area contributed by atoms with Crippen LogP contribution in [0.15, 0.2) is 54.6 Å². The van der Waals surface area contributed by atoms with Crippen molar-refractivity contribution in [3.63, 3.8) is 0 Å². The summed E-state index contributed by atoms with van der Waals surface area (Å²) in [6.45, 7) is 8.88. The molecule has 0 unspecified atom stereocenters. The van der Waals surface area contributed by atoms with Crippen LogP contribution in [-0.2, 0) is 17.8 Å². The van der Waals surface area contributed by atoms with E-state index in [9.17, 15) is 9.59 Å². The predicted octanol–water partition coefficient (Wildman–Crippen LogP) is 5.90. The SMILES string of the molecule is COc1ccc(CCN(Cc2ccc(C)s2)C(=O)CN(C(=O)Nc2ccc(C)cc2)C(C)C)cc1OC. The number of nitrogens with one attached hydrogen (secondary N) is 1. The van der Waals surface area contributed by atoms with Crippen LogP contribution in [0, 0.1) is 13.8 Å². The Kier molecular flexibility index (Phi) is 9.97. The van der Waals surface area contributed by atoms with Gasteiger partial charge in [-0.25, -0.2) is 4.79 Å². The van der Waals surface area contributed by atoms with E-state index >= 15 is 0 Å². The van der Waals surface area contributed by atoms with Crippen LogP contribution in [0.5, 0.6) is 11.5 Å². The molecular formula is C29H37N3O4S. The molecule has 0 saturated heterocycles. The number of ether oxygens (including phenoxy) is 2. The lowest BCUT2D eigenvalue weighted by atomic mass is 10.1. The van der Waals surface area contributed by atoms with E-state index < -0.39 is 0 Å². The summed E-state index contributed by atoms with van der Waals surface area (Å²) in [4.78, 5) is 32.4. The van der Waals surface area contributed by atoms with Crippen LogP contribution < -0.4 is 14.8 Å². The van der Waals surface area contributed by atoms with Gasteiger partial charge in [-0.15, -0.1) is 11.3 Å². The molecule has 8 heteroatoms. The first kappa shape index (κ1) is 28.1. The highest BCUT2D eigenvalue weighted by molar-refractivity contribution is 7.11. The van der Waals surface area contributed by atoms with Crippen LogP contribution in [0.3, 0.4) is 0 Å². The lowest BCUT2D eigenvalue weighted by Crippen LogP contribution is -2.47. The molecule has 0 aliphatic carbocycles. The Labute approximate surface area is 224 Å². The first-order valence-electron chi connectivity index (χ1n) is 12.4. The number of methoxy groups -OCH3 is 2. The second kappa shape index (κ2) is 13.1. The number of thiophene rings is 1. The number of rotatable bonds is 11. The standard InChI is InChI=1S/C29H37N3O4S/c1-20(2)32(29(34)30-24-11-7-21(3)8-12-24)19-28(33)31(18-25-13-9-22(4)37-25)16-15-23-10-14-26(35-5)27(17-23)36-6/h7-14,17,20H,15-16,18-19H2,1-6H3,(H,30,34). The second-order valence-electron chi connectivity index (χ2n) is 9.28. The first-order chi connectivity index (χ1) is 17.7. The number of nitrogens with zero attached hydrogens (tertiary/aromatic N) is 2. The van der Waals surface area contributed by atoms with Gasteiger partial charge in [0.05, 0.1) is 20.8 Å². The molecule has 0 aliphatic rings. The number of anilines is 1. The molecule has 2 aromatic carbocycles. The van der Waals surface area contributed by atoms with Crippen molar-refractivity contribution in [2.24, 2.45) is 0 Å². The van der Waals surface area contributed by atoms with E-state index in [0.717, 1.165) is 16.0 Å². The lowest BCUT2D eigenvalue weighted by Gasteiger charge is -2.30. The Morgan fingerprint density at radius 1 is 0.946 bits per heavy atom. The van der Waals surface area contributed by atoms with Crippen molar-refractivity contribution in [3.8, 4) is 11.5 Å². The molecule has 3 aromatic rings. The monoisotopic (exact) mass is 523 g/mol. The van der Waals surface area contributed by atoms with Crippen molar-refractivity contribution < 1.29 is 19.1 Å². The number of urea groups is 1. The number of carbonyl (C=O) groups is 2. The molecule has 1 heterocycles. The van der Waals surface area contributed by atoms with E-state index in [1.807, 2.05) is 68.1 Å². The highest BCUT2D eigenvalue weighted by Crippen LogP contribution is 2.28. The van der Waals surface area contributed by atoms with Gasteiger partial charge >= 0.3 is 6.03 Å². The average molecular weight is 524 g/mol. The smallest absolute Gasteiger partial charge is 0.322 e. The Bertz CT molecular complexity index is 1190. The molecule has 3 rings (SSSR count). The molecule has 198 valence electrons. The fourth-order valence-electron chi connectivity index (χ4n) is 3.92. The Hall–Kier alpha value is -3.52. The van der Waals surface area contributed by atoms with Crippen molar-refractivity contribution in [1.82, 2.24) is 9.80 Å². The largest absolute Gasteiger partial charge is 0.493 e. The molecule has 1 N–H and O–H groups in total. The van der Waals surface area contributed by atoms with E-state index in [-0.39, 0.29) is 24.5 Å². The summed E-state index contributed by atoms with van der Waals surface area (Å²) in [6.07, 6.45) is 0.647. The number of aryl methyl sites for hydroxylation is 2. The van der Waals surface area contributed by atoms with Crippen LogP contribution in [-0.4, -0.2) is 55.1 Å². The molecule has 0 radical (unpaired) electrons. The van der Waals surface area contributed by atoms with Crippen molar-refractivity contribution in [3.05, 3.63) is 75.5 Å². The quantitative estimate of drug-likeness (QED) is 0.340. The van der Waals surface area contributed by atoms with Crippen LogP contribution >= 0.6 is 11.3 Å². The predicted molar refractivity (Wildman–Crippen MR) is 150 cm³/mol.